The Hall–Kier alpha value is -1.34. The van der Waals surface area contributed by atoms with Crippen molar-refractivity contribution in [3.8, 4) is 0 Å². The number of nitrogens with zero attached hydrogens (tertiary/aromatic N) is 2. The second-order valence-corrected chi connectivity index (χ2v) is 18.8. The summed E-state index contributed by atoms with van der Waals surface area (Å²) in [7, 11) is 0. The first kappa shape index (κ1) is 59.7. The Bertz CT molecular complexity index is 856. The summed E-state index contributed by atoms with van der Waals surface area (Å²) in [5.74, 6) is 0.396. The summed E-state index contributed by atoms with van der Waals surface area (Å²) in [6.07, 6.45) is 47.3. The van der Waals surface area contributed by atoms with Gasteiger partial charge < -0.3 is 24.4 Å². The van der Waals surface area contributed by atoms with Crippen LogP contribution in [0.5, 0.6) is 0 Å². The Morgan fingerprint density at radius 3 is 1.18 bits per heavy atom. The molecule has 364 valence electrons. The monoisotopic (exact) mass is 865 g/mol. The highest BCUT2D eigenvalue weighted by Crippen LogP contribution is 2.18. The van der Waals surface area contributed by atoms with E-state index in [1.807, 2.05) is 0 Å². The molecule has 0 fully saturated rings. The van der Waals surface area contributed by atoms with Crippen LogP contribution in [-0.4, -0.2) is 79.0 Å². The molecule has 0 aromatic rings. The fourth-order valence-corrected chi connectivity index (χ4v) is 8.65. The molecule has 0 aliphatic heterocycles. The lowest BCUT2D eigenvalue weighted by Gasteiger charge is -2.23. The van der Waals surface area contributed by atoms with Gasteiger partial charge in [0, 0.05) is 26.1 Å². The smallest absolute Gasteiger partial charge is 0.434 e. The first-order valence-electron chi connectivity index (χ1n) is 27.5. The maximum Gasteiger partial charge on any atom is 0.508 e. The van der Waals surface area contributed by atoms with E-state index in [1.54, 1.807) is 0 Å². The number of hydrogen-bond donors (Lipinski definition) is 1. The van der Waals surface area contributed by atoms with Crippen molar-refractivity contribution in [2.45, 2.75) is 291 Å². The average molecular weight is 865 g/mol. The number of rotatable bonds is 50. The number of ether oxygens (including phenoxy) is 2. The van der Waals surface area contributed by atoms with Crippen molar-refractivity contribution in [1.82, 2.24) is 9.80 Å². The quantitative estimate of drug-likeness (QED) is 0.0485. The number of amides is 1. The Labute approximate surface area is 381 Å². The van der Waals surface area contributed by atoms with Gasteiger partial charge in [-0.25, -0.2) is 4.79 Å². The predicted octanol–water partition coefficient (Wildman–Crippen LogP) is 16.3. The number of unbranched alkanes of at least 4 members (excludes halogenated alkanes) is 30. The van der Waals surface area contributed by atoms with E-state index < -0.39 is 6.16 Å². The Morgan fingerprint density at radius 2 is 0.754 bits per heavy atom. The van der Waals surface area contributed by atoms with E-state index in [0.29, 0.717) is 19.1 Å². The molecule has 7 heteroatoms. The fraction of sp³-hybridized carbons (Fsp3) is 0.963. The van der Waals surface area contributed by atoms with E-state index in [9.17, 15) is 14.7 Å². The van der Waals surface area contributed by atoms with Gasteiger partial charge in [0.05, 0.1) is 6.61 Å². The van der Waals surface area contributed by atoms with Crippen LogP contribution in [0.2, 0.25) is 0 Å². The molecule has 0 spiro atoms. The second kappa shape index (κ2) is 49.7. The average Bonchev–Trinajstić information content (AvgIpc) is 3.26. The summed E-state index contributed by atoms with van der Waals surface area (Å²) in [6.45, 7) is 15.1. The van der Waals surface area contributed by atoms with Gasteiger partial charge in [-0.3, -0.25) is 4.79 Å². The van der Waals surface area contributed by atoms with Crippen molar-refractivity contribution in [2.75, 3.05) is 45.9 Å². The van der Waals surface area contributed by atoms with Crippen LogP contribution in [0.3, 0.4) is 0 Å². The van der Waals surface area contributed by atoms with Crippen molar-refractivity contribution in [3.05, 3.63) is 0 Å². The zero-order valence-electron chi connectivity index (χ0n) is 41.8. The molecule has 0 aromatic carbocycles. The molecule has 0 heterocycles. The highest BCUT2D eigenvalue weighted by Gasteiger charge is 2.16. The van der Waals surface area contributed by atoms with Gasteiger partial charge in [-0.1, -0.05) is 195 Å². The number of aliphatic hydroxyl groups excluding tert-OH is 1. The van der Waals surface area contributed by atoms with Crippen LogP contribution in [0.4, 0.5) is 4.79 Å². The molecule has 0 saturated heterocycles. The molecule has 0 atom stereocenters. The molecular weight excluding hydrogens is 757 g/mol. The summed E-state index contributed by atoms with van der Waals surface area (Å²) in [4.78, 5) is 30.7. The molecule has 0 unspecified atom stereocenters. The minimum atomic E-state index is -0.462. The molecule has 1 amide bonds. The van der Waals surface area contributed by atoms with Crippen LogP contribution in [0.25, 0.3) is 0 Å². The number of aliphatic hydroxyl groups is 1. The van der Waals surface area contributed by atoms with Gasteiger partial charge in [0.2, 0.25) is 5.91 Å². The van der Waals surface area contributed by atoms with E-state index in [-0.39, 0.29) is 6.10 Å². The highest BCUT2D eigenvalue weighted by atomic mass is 16.7. The van der Waals surface area contributed by atoms with Gasteiger partial charge in [0.25, 0.3) is 0 Å². The lowest BCUT2D eigenvalue weighted by molar-refractivity contribution is -0.131. The summed E-state index contributed by atoms with van der Waals surface area (Å²) in [5, 5.41) is 9.27. The Kier molecular flexibility index (Phi) is 48.6. The van der Waals surface area contributed by atoms with E-state index in [2.05, 4.69) is 37.5 Å². The first-order chi connectivity index (χ1) is 30.0. The summed E-state index contributed by atoms with van der Waals surface area (Å²) in [6, 6.07) is 0. The van der Waals surface area contributed by atoms with Gasteiger partial charge in [-0.15, -0.1) is 0 Å². The largest absolute Gasteiger partial charge is 0.508 e. The lowest BCUT2D eigenvalue weighted by atomic mass is 10.0. The predicted molar refractivity (Wildman–Crippen MR) is 264 cm³/mol. The van der Waals surface area contributed by atoms with Crippen LogP contribution < -0.4 is 0 Å². The Balaban J connectivity index is 4.42. The molecule has 0 radical (unpaired) electrons. The first-order valence-corrected chi connectivity index (χ1v) is 27.5. The Morgan fingerprint density at radius 1 is 0.410 bits per heavy atom. The summed E-state index contributed by atoms with van der Waals surface area (Å²) >= 11 is 0. The summed E-state index contributed by atoms with van der Waals surface area (Å²) < 4.78 is 11.4. The molecule has 0 saturated carbocycles. The van der Waals surface area contributed by atoms with Crippen molar-refractivity contribution in [2.24, 2.45) is 0 Å². The van der Waals surface area contributed by atoms with E-state index in [1.165, 1.54) is 167 Å². The van der Waals surface area contributed by atoms with Crippen molar-refractivity contribution < 1.29 is 24.2 Å². The molecule has 7 nitrogen and oxygen atoms in total. The molecule has 0 rings (SSSR count). The molecule has 0 aliphatic rings. The van der Waals surface area contributed by atoms with Crippen molar-refractivity contribution >= 4 is 12.1 Å². The minimum absolute atomic E-state index is 0.00217. The van der Waals surface area contributed by atoms with Gasteiger partial charge in [0.1, 0.15) is 6.10 Å². The SMILES string of the molecule is CCCCCCCCC(CCCCCCCC)OC(=O)OCCCCCCCN(CCCCCO)CCCCCCCC(=O)N(CCCCCCCC)CCCCCCCC. The van der Waals surface area contributed by atoms with Gasteiger partial charge in [-0.2, -0.15) is 0 Å². The zero-order chi connectivity index (χ0) is 44.5. The molecule has 0 bridgehead atoms. The lowest BCUT2D eigenvalue weighted by Crippen LogP contribution is -2.32. The highest BCUT2D eigenvalue weighted by molar-refractivity contribution is 5.76. The number of hydrogen-bond acceptors (Lipinski definition) is 6. The maximum atomic E-state index is 13.3. The second-order valence-electron chi connectivity index (χ2n) is 18.8. The number of carbonyl (C=O) groups is 2. The molecule has 61 heavy (non-hydrogen) atoms. The summed E-state index contributed by atoms with van der Waals surface area (Å²) in [5.41, 5.74) is 0. The molecule has 1 N–H and O–H groups in total. The standard InChI is InChI=1S/C54H108N2O5/c1-5-9-13-17-23-32-42-52(43-33-24-18-14-10-6-2)61-54(59)60-51-41-30-22-27-36-46-55(47-37-31-40-50-57)45-35-26-21-25-34-44-53(58)56(48-38-28-19-15-11-7-3)49-39-29-20-16-12-8-4/h52,57H,5-51H2,1-4H3. The van der Waals surface area contributed by atoms with E-state index >= 15 is 0 Å². The van der Waals surface area contributed by atoms with Gasteiger partial charge >= 0.3 is 6.16 Å². The minimum Gasteiger partial charge on any atom is -0.434 e. The third-order valence-electron chi connectivity index (χ3n) is 12.8. The van der Waals surface area contributed by atoms with Crippen LogP contribution in [0, 0.1) is 0 Å². The fourth-order valence-electron chi connectivity index (χ4n) is 8.65. The van der Waals surface area contributed by atoms with E-state index in [0.717, 1.165) is 123 Å². The third-order valence-corrected chi connectivity index (χ3v) is 12.8. The number of carbonyl (C=O) groups excluding carboxylic acids is 2. The van der Waals surface area contributed by atoms with Crippen LogP contribution in [-0.2, 0) is 14.3 Å². The molecule has 0 aromatic heterocycles. The van der Waals surface area contributed by atoms with Crippen LogP contribution in [0.1, 0.15) is 285 Å². The van der Waals surface area contributed by atoms with Gasteiger partial charge in [0.15, 0.2) is 0 Å². The van der Waals surface area contributed by atoms with Crippen LogP contribution in [0.15, 0.2) is 0 Å². The van der Waals surface area contributed by atoms with Crippen molar-refractivity contribution in [1.29, 1.82) is 0 Å². The maximum absolute atomic E-state index is 13.3. The third kappa shape index (κ3) is 43.7. The normalized spacial score (nSPS) is 11.6. The van der Waals surface area contributed by atoms with E-state index in [4.69, 9.17) is 9.47 Å². The van der Waals surface area contributed by atoms with Crippen LogP contribution >= 0.6 is 0 Å². The topological polar surface area (TPSA) is 79.3 Å². The molecule has 0 aliphatic carbocycles. The zero-order valence-corrected chi connectivity index (χ0v) is 41.8. The van der Waals surface area contributed by atoms with Gasteiger partial charge in [-0.05, 0) is 103 Å². The molecular formula is C54H108N2O5. The van der Waals surface area contributed by atoms with Crippen molar-refractivity contribution in [3.63, 3.8) is 0 Å².